The Kier molecular flexibility index (Phi) is 6.40. The minimum Gasteiger partial charge on any atom is -0.332 e. The molecule has 22 heavy (non-hydrogen) atoms. The molecule has 0 bridgehead atoms. The van der Waals surface area contributed by atoms with Crippen molar-refractivity contribution in [2.24, 2.45) is 5.73 Å². The lowest BCUT2D eigenvalue weighted by atomic mass is 10.1. The van der Waals surface area contributed by atoms with Crippen molar-refractivity contribution in [3.05, 3.63) is 35.4 Å². The normalized spacial score (nSPS) is 15.8. The molecule has 0 aliphatic heterocycles. The van der Waals surface area contributed by atoms with Crippen LogP contribution in [0.25, 0.3) is 0 Å². The molecule has 1 aliphatic rings. The Morgan fingerprint density at radius 2 is 1.86 bits per heavy atom. The number of hydrogen-bond acceptors (Lipinski definition) is 4. The van der Waals surface area contributed by atoms with Crippen LogP contribution >= 0.6 is 12.4 Å². The highest BCUT2D eigenvalue weighted by molar-refractivity contribution is 7.90. The third-order valence-electron chi connectivity index (χ3n) is 3.63. The van der Waals surface area contributed by atoms with Gasteiger partial charge in [-0.25, -0.2) is 8.42 Å². The van der Waals surface area contributed by atoms with Gasteiger partial charge < -0.3 is 10.6 Å². The summed E-state index contributed by atoms with van der Waals surface area (Å²) in [6.07, 6.45) is 3.09. The maximum Gasteiger partial charge on any atom is 0.254 e. The second-order valence-corrected chi connectivity index (χ2v) is 7.97. The SMILES string of the molecule is CC(CS(C)(=O)=O)N(C(=O)c1ccc(CN)cc1)C1CC1.Cl. The first-order valence-corrected chi connectivity index (χ1v) is 9.17. The Morgan fingerprint density at radius 3 is 2.27 bits per heavy atom. The zero-order chi connectivity index (χ0) is 15.6. The van der Waals surface area contributed by atoms with Crippen molar-refractivity contribution >= 4 is 28.2 Å². The van der Waals surface area contributed by atoms with Gasteiger partial charge in [-0.1, -0.05) is 12.1 Å². The summed E-state index contributed by atoms with van der Waals surface area (Å²) in [5.41, 5.74) is 7.10. The van der Waals surface area contributed by atoms with Gasteiger partial charge in [-0.2, -0.15) is 0 Å². The number of amides is 1. The quantitative estimate of drug-likeness (QED) is 0.848. The van der Waals surface area contributed by atoms with Crippen LogP contribution in [0.2, 0.25) is 0 Å². The molecule has 124 valence electrons. The second kappa shape index (κ2) is 7.44. The molecule has 5 nitrogen and oxygen atoms in total. The molecular weight excluding hydrogens is 324 g/mol. The van der Waals surface area contributed by atoms with Gasteiger partial charge in [0.25, 0.3) is 5.91 Å². The number of hydrogen-bond donors (Lipinski definition) is 1. The standard InChI is InChI=1S/C15H22N2O3S.ClH/c1-11(10-21(2,19)20)17(14-7-8-14)15(18)13-5-3-12(9-16)4-6-13;/h3-6,11,14H,7-10,16H2,1-2H3;1H. The van der Waals surface area contributed by atoms with E-state index >= 15 is 0 Å². The minimum atomic E-state index is -3.11. The third-order valence-corrected chi connectivity index (χ3v) is 4.72. The maximum absolute atomic E-state index is 12.7. The molecule has 1 amide bonds. The van der Waals surface area contributed by atoms with E-state index in [1.54, 1.807) is 24.0 Å². The van der Waals surface area contributed by atoms with Gasteiger partial charge in [-0.15, -0.1) is 12.4 Å². The van der Waals surface area contributed by atoms with Crippen molar-refractivity contribution < 1.29 is 13.2 Å². The van der Waals surface area contributed by atoms with Crippen LogP contribution in [0.15, 0.2) is 24.3 Å². The van der Waals surface area contributed by atoms with Crippen molar-refractivity contribution in [1.29, 1.82) is 0 Å². The van der Waals surface area contributed by atoms with Crippen LogP contribution in [-0.2, 0) is 16.4 Å². The van der Waals surface area contributed by atoms with Crippen molar-refractivity contribution in [3.63, 3.8) is 0 Å². The first-order valence-electron chi connectivity index (χ1n) is 7.11. The van der Waals surface area contributed by atoms with Crippen molar-refractivity contribution in [3.8, 4) is 0 Å². The van der Waals surface area contributed by atoms with Gasteiger partial charge in [-0.3, -0.25) is 4.79 Å². The van der Waals surface area contributed by atoms with E-state index in [9.17, 15) is 13.2 Å². The summed E-state index contributed by atoms with van der Waals surface area (Å²) in [5.74, 6) is -0.104. The van der Waals surface area contributed by atoms with Crippen LogP contribution in [0.5, 0.6) is 0 Å². The maximum atomic E-state index is 12.7. The second-order valence-electron chi connectivity index (χ2n) is 5.79. The van der Waals surface area contributed by atoms with Gasteiger partial charge >= 0.3 is 0 Å². The molecule has 0 spiro atoms. The molecule has 0 heterocycles. The molecular formula is C15H23ClN2O3S. The lowest BCUT2D eigenvalue weighted by molar-refractivity contribution is 0.0693. The predicted octanol–water partition coefficient (Wildman–Crippen LogP) is 1.60. The molecule has 1 atom stereocenters. The lowest BCUT2D eigenvalue weighted by Crippen LogP contribution is -2.43. The molecule has 2 rings (SSSR count). The van der Waals surface area contributed by atoms with Gasteiger partial charge in [0.1, 0.15) is 9.84 Å². The first-order chi connectivity index (χ1) is 9.81. The van der Waals surface area contributed by atoms with Crippen LogP contribution in [0.1, 0.15) is 35.7 Å². The Bertz CT molecular complexity index is 612. The molecule has 1 aromatic rings. The Labute approximate surface area is 138 Å². The summed E-state index contributed by atoms with van der Waals surface area (Å²) in [6, 6.07) is 7.04. The van der Waals surface area contributed by atoms with E-state index in [0.29, 0.717) is 12.1 Å². The largest absolute Gasteiger partial charge is 0.332 e. The molecule has 0 radical (unpaired) electrons. The van der Waals surface area contributed by atoms with E-state index in [-0.39, 0.29) is 36.2 Å². The van der Waals surface area contributed by atoms with Crippen LogP contribution < -0.4 is 5.73 Å². The molecule has 1 aromatic carbocycles. The molecule has 0 saturated heterocycles. The number of rotatable bonds is 6. The zero-order valence-electron chi connectivity index (χ0n) is 12.9. The van der Waals surface area contributed by atoms with Crippen LogP contribution in [0, 0.1) is 0 Å². The molecule has 1 fully saturated rings. The van der Waals surface area contributed by atoms with Gasteiger partial charge in [0.05, 0.1) is 5.75 Å². The number of sulfone groups is 1. The first kappa shape index (κ1) is 18.9. The molecule has 0 aromatic heterocycles. The Morgan fingerprint density at radius 1 is 1.32 bits per heavy atom. The highest BCUT2D eigenvalue weighted by atomic mass is 35.5. The molecule has 2 N–H and O–H groups in total. The summed E-state index contributed by atoms with van der Waals surface area (Å²) in [6.45, 7) is 2.23. The van der Waals surface area contributed by atoms with E-state index in [1.807, 2.05) is 12.1 Å². The van der Waals surface area contributed by atoms with Crippen molar-refractivity contribution in [2.45, 2.75) is 38.4 Å². The van der Waals surface area contributed by atoms with Crippen molar-refractivity contribution in [2.75, 3.05) is 12.0 Å². The molecule has 1 aliphatic carbocycles. The van der Waals surface area contributed by atoms with E-state index in [4.69, 9.17) is 5.73 Å². The average Bonchev–Trinajstić information content (AvgIpc) is 3.21. The average molecular weight is 347 g/mol. The number of nitrogens with zero attached hydrogens (tertiary/aromatic N) is 1. The topological polar surface area (TPSA) is 80.5 Å². The zero-order valence-corrected chi connectivity index (χ0v) is 14.5. The van der Waals surface area contributed by atoms with Crippen LogP contribution in [0.4, 0.5) is 0 Å². The fourth-order valence-electron chi connectivity index (χ4n) is 2.53. The van der Waals surface area contributed by atoms with Gasteiger partial charge in [-0.05, 0) is 37.5 Å². The third kappa shape index (κ3) is 4.97. The smallest absolute Gasteiger partial charge is 0.254 e. The highest BCUT2D eigenvalue weighted by Crippen LogP contribution is 2.30. The fourth-order valence-corrected chi connectivity index (χ4v) is 3.57. The van der Waals surface area contributed by atoms with E-state index in [0.717, 1.165) is 18.4 Å². The lowest BCUT2D eigenvalue weighted by Gasteiger charge is -2.29. The van der Waals surface area contributed by atoms with Gasteiger partial charge in [0.2, 0.25) is 0 Å². The Hall–Kier alpha value is -1.11. The molecule has 1 saturated carbocycles. The summed E-state index contributed by atoms with van der Waals surface area (Å²) in [5, 5.41) is 0. The van der Waals surface area contributed by atoms with E-state index in [2.05, 4.69) is 0 Å². The summed E-state index contributed by atoms with van der Waals surface area (Å²) >= 11 is 0. The number of nitrogens with two attached hydrogens (primary N) is 1. The highest BCUT2D eigenvalue weighted by Gasteiger charge is 2.37. The van der Waals surface area contributed by atoms with Crippen LogP contribution in [0.3, 0.4) is 0 Å². The summed E-state index contributed by atoms with van der Waals surface area (Å²) in [4.78, 5) is 14.4. The fraction of sp³-hybridized carbons (Fsp3) is 0.533. The monoisotopic (exact) mass is 346 g/mol. The number of carbonyl (C=O) groups is 1. The minimum absolute atomic E-state index is 0. The summed E-state index contributed by atoms with van der Waals surface area (Å²) < 4.78 is 23.0. The number of carbonyl (C=O) groups excluding carboxylic acids is 1. The summed E-state index contributed by atoms with van der Waals surface area (Å²) in [7, 11) is -3.11. The molecule has 7 heteroatoms. The van der Waals surface area contributed by atoms with E-state index in [1.165, 1.54) is 6.26 Å². The number of benzene rings is 1. The predicted molar refractivity (Wildman–Crippen MR) is 89.9 cm³/mol. The van der Waals surface area contributed by atoms with Crippen molar-refractivity contribution in [1.82, 2.24) is 4.90 Å². The van der Waals surface area contributed by atoms with E-state index < -0.39 is 9.84 Å². The van der Waals surface area contributed by atoms with Crippen LogP contribution in [-0.4, -0.2) is 43.3 Å². The number of halogens is 1. The van der Waals surface area contributed by atoms with Gasteiger partial charge in [0.15, 0.2) is 0 Å². The Balaban J connectivity index is 0.00000242. The van der Waals surface area contributed by atoms with Gasteiger partial charge in [0, 0.05) is 30.4 Å². The molecule has 1 unspecified atom stereocenters.